The summed E-state index contributed by atoms with van der Waals surface area (Å²) in [5.74, 6) is -0.138. The Morgan fingerprint density at radius 3 is 2.43 bits per heavy atom. The van der Waals surface area contributed by atoms with Crippen LogP contribution in [0.3, 0.4) is 0 Å². The van der Waals surface area contributed by atoms with Crippen LogP contribution in [0.1, 0.15) is 54.4 Å². The van der Waals surface area contributed by atoms with Crippen molar-refractivity contribution >= 4 is 11.6 Å². The Labute approximate surface area is 215 Å². The Bertz CT molecular complexity index is 1240. The summed E-state index contributed by atoms with van der Waals surface area (Å²) in [6.45, 7) is 3.84. The lowest BCUT2D eigenvalue weighted by Crippen LogP contribution is -2.37. The van der Waals surface area contributed by atoms with Crippen molar-refractivity contribution in [1.29, 1.82) is 0 Å². The van der Waals surface area contributed by atoms with Crippen LogP contribution in [-0.4, -0.2) is 40.5 Å². The van der Waals surface area contributed by atoms with Gasteiger partial charge in [-0.2, -0.15) is 0 Å². The van der Waals surface area contributed by atoms with E-state index >= 15 is 4.39 Å². The molecule has 194 valence electrons. The highest BCUT2D eigenvalue weighted by atomic mass is 19.1. The van der Waals surface area contributed by atoms with Crippen LogP contribution >= 0.6 is 0 Å². The lowest BCUT2D eigenvalue weighted by atomic mass is 9.88. The molecule has 0 amide bonds. The zero-order valence-corrected chi connectivity index (χ0v) is 20.8. The number of piperidine rings is 1. The van der Waals surface area contributed by atoms with E-state index in [0.29, 0.717) is 32.0 Å². The van der Waals surface area contributed by atoms with Crippen molar-refractivity contribution in [1.82, 2.24) is 14.9 Å². The molecule has 1 saturated heterocycles. The normalized spacial score (nSPS) is 19.5. The molecular formula is C29H32F3N5. The number of hydrogen-bond donors (Lipinski definition) is 1. The molecule has 2 aliphatic heterocycles. The average molecular weight is 508 g/mol. The van der Waals surface area contributed by atoms with Crippen LogP contribution in [0, 0.1) is 17.6 Å². The van der Waals surface area contributed by atoms with E-state index in [2.05, 4.69) is 39.4 Å². The van der Waals surface area contributed by atoms with E-state index in [-0.39, 0.29) is 11.5 Å². The number of benzene rings is 2. The molecule has 8 heteroatoms. The molecule has 3 aromatic rings. The van der Waals surface area contributed by atoms with Gasteiger partial charge in [-0.25, -0.2) is 23.1 Å². The summed E-state index contributed by atoms with van der Waals surface area (Å²) in [5.41, 5.74) is 3.31. The van der Waals surface area contributed by atoms with Gasteiger partial charge in [0.2, 0.25) is 0 Å². The molecule has 37 heavy (non-hydrogen) atoms. The smallest absolute Gasteiger partial charge is 0.172 e. The Kier molecular flexibility index (Phi) is 6.76. The molecule has 2 aromatic carbocycles. The second kappa shape index (κ2) is 10.3. The molecule has 1 atom stereocenters. The largest absolute Gasteiger partial charge is 0.364 e. The quantitative estimate of drug-likeness (QED) is 0.437. The number of hydrogen-bond acceptors (Lipinski definition) is 5. The van der Waals surface area contributed by atoms with E-state index in [1.54, 1.807) is 0 Å². The SMILES string of the molecule is Fc1ccc(C(F)C2CCN(c3nc4c(nc3NC3CC3)CN(Cc3ccccc3)CC4)CC2)c(F)c1. The lowest BCUT2D eigenvalue weighted by Gasteiger charge is -2.36. The van der Waals surface area contributed by atoms with Crippen molar-refractivity contribution in [2.24, 2.45) is 5.92 Å². The number of nitrogens with zero attached hydrogens (tertiary/aromatic N) is 4. The van der Waals surface area contributed by atoms with Crippen molar-refractivity contribution in [3.8, 4) is 0 Å². The summed E-state index contributed by atoms with van der Waals surface area (Å²) in [6.07, 6.45) is 2.81. The fraction of sp³-hybridized carbons (Fsp3) is 0.448. The van der Waals surface area contributed by atoms with Gasteiger partial charge in [0, 0.05) is 56.8 Å². The van der Waals surface area contributed by atoms with Crippen LogP contribution in [-0.2, 0) is 19.5 Å². The Balaban J connectivity index is 1.17. The topological polar surface area (TPSA) is 44.3 Å². The van der Waals surface area contributed by atoms with E-state index in [1.807, 2.05) is 6.07 Å². The maximum Gasteiger partial charge on any atom is 0.172 e. The monoisotopic (exact) mass is 507 g/mol. The maximum atomic E-state index is 15.2. The molecule has 1 aliphatic carbocycles. The fourth-order valence-corrected chi connectivity index (χ4v) is 5.47. The predicted molar refractivity (Wildman–Crippen MR) is 138 cm³/mol. The molecule has 0 radical (unpaired) electrons. The summed E-state index contributed by atoms with van der Waals surface area (Å²) < 4.78 is 42.6. The van der Waals surface area contributed by atoms with Crippen molar-refractivity contribution in [3.63, 3.8) is 0 Å². The van der Waals surface area contributed by atoms with Gasteiger partial charge in [0.15, 0.2) is 11.6 Å². The summed E-state index contributed by atoms with van der Waals surface area (Å²) in [5, 5.41) is 3.58. The van der Waals surface area contributed by atoms with Gasteiger partial charge in [-0.1, -0.05) is 36.4 Å². The first kappa shape index (κ1) is 24.2. The molecule has 2 fully saturated rings. The molecule has 5 nitrogen and oxygen atoms in total. The third-order valence-corrected chi connectivity index (χ3v) is 7.75. The minimum absolute atomic E-state index is 0.0513. The third-order valence-electron chi connectivity index (χ3n) is 7.75. The van der Waals surface area contributed by atoms with Gasteiger partial charge >= 0.3 is 0 Å². The van der Waals surface area contributed by atoms with Gasteiger partial charge in [0.1, 0.15) is 17.8 Å². The zero-order chi connectivity index (χ0) is 25.4. The Morgan fingerprint density at radius 1 is 0.919 bits per heavy atom. The van der Waals surface area contributed by atoms with Crippen LogP contribution in [0.4, 0.5) is 24.8 Å². The van der Waals surface area contributed by atoms with Gasteiger partial charge < -0.3 is 10.2 Å². The number of alkyl halides is 1. The molecule has 1 N–H and O–H groups in total. The first-order chi connectivity index (χ1) is 18.0. The molecule has 0 bridgehead atoms. The highest BCUT2D eigenvalue weighted by molar-refractivity contribution is 5.63. The molecule has 1 unspecified atom stereocenters. The van der Waals surface area contributed by atoms with Crippen LogP contribution in [0.25, 0.3) is 0 Å². The Morgan fingerprint density at radius 2 is 1.70 bits per heavy atom. The van der Waals surface area contributed by atoms with E-state index in [1.165, 1.54) is 11.6 Å². The Hall–Kier alpha value is -3.13. The summed E-state index contributed by atoms with van der Waals surface area (Å²) in [6, 6.07) is 14.0. The lowest BCUT2D eigenvalue weighted by molar-refractivity contribution is 0.193. The van der Waals surface area contributed by atoms with Gasteiger partial charge in [0.05, 0.1) is 11.4 Å². The van der Waals surface area contributed by atoms with Crippen molar-refractivity contribution in [3.05, 3.63) is 82.7 Å². The van der Waals surface area contributed by atoms with Gasteiger partial charge in [-0.05, 0) is 43.2 Å². The number of aromatic nitrogens is 2. The van der Waals surface area contributed by atoms with Crippen molar-refractivity contribution in [2.75, 3.05) is 29.9 Å². The van der Waals surface area contributed by atoms with E-state index in [9.17, 15) is 8.78 Å². The summed E-state index contributed by atoms with van der Waals surface area (Å²) in [4.78, 5) is 14.8. The number of anilines is 2. The standard InChI is InChI=1S/C29H32F3N5/c30-21-6-9-23(24(31)16-21)27(32)20-10-14-37(15-11-20)29-28(33-22-7-8-22)34-26-18-36(13-12-25(26)35-29)17-19-4-2-1-3-5-19/h1-6,9,16,20,22,27H,7-8,10-15,17-18H2,(H,33,34). The molecule has 0 spiro atoms. The highest BCUT2D eigenvalue weighted by Crippen LogP contribution is 2.38. The van der Waals surface area contributed by atoms with E-state index in [0.717, 1.165) is 74.1 Å². The minimum Gasteiger partial charge on any atom is -0.364 e. The van der Waals surface area contributed by atoms with Crippen LogP contribution in [0.2, 0.25) is 0 Å². The minimum atomic E-state index is -1.45. The van der Waals surface area contributed by atoms with Crippen LogP contribution < -0.4 is 10.2 Å². The van der Waals surface area contributed by atoms with E-state index in [4.69, 9.17) is 9.97 Å². The molecule has 1 aromatic heterocycles. The number of halogens is 3. The van der Waals surface area contributed by atoms with Crippen molar-refractivity contribution < 1.29 is 13.2 Å². The number of rotatable bonds is 7. The summed E-state index contributed by atoms with van der Waals surface area (Å²) >= 11 is 0. The molecular weight excluding hydrogens is 475 g/mol. The third kappa shape index (κ3) is 5.44. The van der Waals surface area contributed by atoms with Gasteiger partial charge in [-0.3, -0.25) is 4.90 Å². The second-order valence-electron chi connectivity index (χ2n) is 10.5. The molecule has 3 aliphatic rings. The fourth-order valence-electron chi connectivity index (χ4n) is 5.47. The van der Waals surface area contributed by atoms with E-state index < -0.39 is 17.8 Å². The zero-order valence-electron chi connectivity index (χ0n) is 20.8. The molecule has 6 rings (SSSR count). The maximum absolute atomic E-state index is 15.2. The number of nitrogens with one attached hydrogen (secondary N) is 1. The number of fused-ring (bicyclic) bond motifs is 1. The van der Waals surface area contributed by atoms with Gasteiger partial charge in [-0.15, -0.1) is 0 Å². The first-order valence-electron chi connectivity index (χ1n) is 13.3. The second-order valence-corrected chi connectivity index (χ2v) is 10.5. The van der Waals surface area contributed by atoms with Gasteiger partial charge in [0.25, 0.3) is 0 Å². The van der Waals surface area contributed by atoms with Crippen LogP contribution in [0.15, 0.2) is 48.5 Å². The highest BCUT2D eigenvalue weighted by Gasteiger charge is 2.33. The predicted octanol–water partition coefficient (Wildman–Crippen LogP) is 5.81. The average Bonchev–Trinajstić information content (AvgIpc) is 3.73. The summed E-state index contributed by atoms with van der Waals surface area (Å²) in [7, 11) is 0. The molecule has 3 heterocycles. The first-order valence-corrected chi connectivity index (χ1v) is 13.3. The van der Waals surface area contributed by atoms with Crippen molar-refractivity contribution in [2.45, 2.75) is 57.4 Å². The van der Waals surface area contributed by atoms with Crippen LogP contribution in [0.5, 0.6) is 0 Å². The molecule has 1 saturated carbocycles.